The molecule has 0 amide bonds. The van der Waals surface area contributed by atoms with E-state index in [0.717, 1.165) is 12.8 Å². The second kappa shape index (κ2) is 35.9. The maximum atomic E-state index is 5.96. The number of unbranched alkanes of at least 4 members (excludes halogenated alkanes) is 34. The second-order valence-electron chi connectivity index (χ2n) is 14.0. The van der Waals surface area contributed by atoms with Gasteiger partial charge in [0.05, 0.1) is 0 Å². The van der Waals surface area contributed by atoms with Crippen LogP contribution in [-0.2, 0) is 0 Å². The first-order valence-corrected chi connectivity index (χ1v) is 24.9. The Balaban J connectivity index is 3.08. The predicted molar refractivity (Wildman–Crippen MR) is 203 cm³/mol. The molecule has 0 spiro atoms. The van der Waals surface area contributed by atoms with Gasteiger partial charge in [-0.1, -0.05) is 232 Å². The summed E-state index contributed by atoms with van der Waals surface area (Å²) in [4.78, 5) is 0. The fourth-order valence-corrected chi connectivity index (χ4v) is 7.95. The third kappa shape index (κ3) is 37.4. The third-order valence-corrected chi connectivity index (χ3v) is 13.2. The van der Waals surface area contributed by atoms with E-state index in [0.29, 0.717) is 0 Å². The lowest BCUT2D eigenvalue weighted by Gasteiger charge is -2.16. The number of nitrogens with two attached hydrogens (primary N) is 1. The molecule has 0 saturated carbocycles. The summed E-state index contributed by atoms with van der Waals surface area (Å²) in [5, 5.41) is 0. The standard InChI is InChI=1S/C38H78Cl3NSi/c1-2-3-4-5-6-7-8-9-10-11-12-13-14-15-16-17-18-19-20-21-22-23-24-25-26-27-28-29-30-31-32-33-34-35-36-37-38(42)43(39,40)41/h38H,2-37,42H2,1H3/t38-/m0/s1. The Labute approximate surface area is 287 Å². The minimum Gasteiger partial charge on any atom is -0.327 e. The maximum absolute atomic E-state index is 5.96. The molecular formula is C38H78Cl3NSi. The smallest absolute Gasteiger partial charge is 0.327 e. The van der Waals surface area contributed by atoms with Gasteiger partial charge in [-0.15, -0.1) is 33.2 Å². The van der Waals surface area contributed by atoms with Crippen LogP contribution in [0.25, 0.3) is 0 Å². The van der Waals surface area contributed by atoms with Gasteiger partial charge in [-0.05, 0) is 6.42 Å². The summed E-state index contributed by atoms with van der Waals surface area (Å²) in [6.45, 7) is 2.31. The summed E-state index contributed by atoms with van der Waals surface area (Å²) in [5.74, 6) is 0. The molecular weight excluding hydrogens is 605 g/mol. The zero-order valence-corrected chi connectivity index (χ0v) is 32.5. The number of rotatable bonds is 37. The zero-order chi connectivity index (χ0) is 31.5. The Morgan fingerprint density at radius 3 is 0.651 bits per heavy atom. The number of hydrogen-bond acceptors (Lipinski definition) is 1. The Hall–Kier alpha value is 1.05. The molecule has 43 heavy (non-hydrogen) atoms. The van der Waals surface area contributed by atoms with E-state index in [1.807, 2.05) is 0 Å². The molecule has 2 N–H and O–H groups in total. The molecule has 0 fully saturated rings. The molecule has 0 saturated heterocycles. The van der Waals surface area contributed by atoms with Crippen LogP contribution in [-0.4, -0.2) is 11.7 Å². The fourth-order valence-electron chi connectivity index (χ4n) is 6.43. The lowest BCUT2D eigenvalue weighted by molar-refractivity contribution is 0.510. The van der Waals surface area contributed by atoms with Gasteiger partial charge in [0.2, 0.25) is 0 Å². The molecule has 0 aromatic carbocycles. The van der Waals surface area contributed by atoms with Gasteiger partial charge in [0.25, 0.3) is 0 Å². The molecule has 0 aliphatic rings. The lowest BCUT2D eigenvalue weighted by atomic mass is 10.0. The van der Waals surface area contributed by atoms with Gasteiger partial charge >= 0.3 is 6.00 Å². The first-order chi connectivity index (χ1) is 21.0. The van der Waals surface area contributed by atoms with E-state index in [-0.39, 0.29) is 5.67 Å². The normalized spacial score (nSPS) is 12.8. The number of halogens is 3. The Morgan fingerprint density at radius 1 is 0.326 bits per heavy atom. The van der Waals surface area contributed by atoms with E-state index in [1.54, 1.807) is 0 Å². The highest BCUT2D eigenvalue weighted by Gasteiger charge is 2.33. The average molecular weight is 683 g/mol. The highest BCUT2D eigenvalue weighted by Crippen LogP contribution is 2.26. The van der Waals surface area contributed by atoms with Crippen LogP contribution in [0.3, 0.4) is 0 Å². The average Bonchev–Trinajstić information content (AvgIpc) is 2.98. The molecule has 0 aromatic heterocycles. The summed E-state index contributed by atoms with van der Waals surface area (Å²) in [5.41, 5.74) is 5.73. The van der Waals surface area contributed by atoms with Gasteiger partial charge in [0, 0.05) is 5.67 Å². The molecule has 0 aromatic rings. The molecule has 0 heterocycles. The van der Waals surface area contributed by atoms with Crippen LogP contribution >= 0.6 is 33.2 Å². The van der Waals surface area contributed by atoms with E-state index in [9.17, 15) is 0 Å². The fraction of sp³-hybridized carbons (Fsp3) is 1.00. The molecule has 0 unspecified atom stereocenters. The van der Waals surface area contributed by atoms with Crippen LogP contribution in [0.15, 0.2) is 0 Å². The highest BCUT2D eigenvalue weighted by molar-refractivity contribution is 7.65. The summed E-state index contributed by atoms with van der Waals surface area (Å²) < 4.78 is 0. The third-order valence-electron chi connectivity index (χ3n) is 9.54. The van der Waals surface area contributed by atoms with Gasteiger partial charge in [-0.3, -0.25) is 0 Å². The van der Waals surface area contributed by atoms with Crippen molar-refractivity contribution in [2.75, 3.05) is 0 Å². The van der Waals surface area contributed by atoms with Crippen LogP contribution < -0.4 is 5.73 Å². The molecule has 0 aliphatic carbocycles. The van der Waals surface area contributed by atoms with E-state index in [4.69, 9.17) is 39.0 Å². The summed E-state index contributed by atoms with van der Waals surface area (Å²) in [7, 11) is 0. The van der Waals surface area contributed by atoms with Crippen molar-refractivity contribution in [3.8, 4) is 0 Å². The highest BCUT2D eigenvalue weighted by atomic mass is 35.8. The van der Waals surface area contributed by atoms with Crippen molar-refractivity contribution in [1.29, 1.82) is 0 Å². The van der Waals surface area contributed by atoms with Gasteiger partial charge in [-0.25, -0.2) is 0 Å². The van der Waals surface area contributed by atoms with Crippen LogP contribution in [0.4, 0.5) is 0 Å². The molecule has 0 bridgehead atoms. The van der Waals surface area contributed by atoms with Crippen LogP contribution in [0, 0.1) is 0 Å². The van der Waals surface area contributed by atoms with Crippen LogP contribution in [0.5, 0.6) is 0 Å². The van der Waals surface area contributed by atoms with Crippen LogP contribution in [0.1, 0.15) is 238 Å². The largest absolute Gasteiger partial charge is 0.357 e. The molecule has 1 nitrogen and oxygen atoms in total. The van der Waals surface area contributed by atoms with E-state index in [2.05, 4.69) is 6.92 Å². The zero-order valence-electron chi connectivity index (χ0n) is 29.2. The van der Waals surface area contributed by atoms with Crippen molar-refractivity contribution in [2.45, 2.75) is 244 Å². The Morgan fingerprint density at radius 2 is 0.488 bits per heavy atom. The Bertz CT molecular complexity index is 514. The minimum absolute atomic E-state index is 0.203. The minimum atomic E-state index is -2.69. The first-order valence-electron chi connectivity index (χ1n) is 19.8. The van der Waals surface area contributed by atoms with E-state index in [1.165, 1.54) is 218 Å². The topological polar surface area (TPSA) is 26.0 Å². The maximum Gasteiger partial charge on any atom is 0.357 e. The van der Waals surface area contributed by atoms with Crippen LogP contribution in [0.2, 0.25) is 0 Å². The predicted octanol–water partition coefficient (Wildman–Crippen LogP) is 15.6. The summed E-state index contributed by atoms with van der Waals surface area (Å²) in [6, 6.07) is -2.69. The Kier molecular flexibility index (Phi) is 36.8. The van der Waals surface area contributed by atoms with E-state index >= 15 is 0 Å². The SMILES string of the molecule is CCCCCCCCCCCCCCCCCCCCCCCCCCCCCCCCCCCCC[C@@H](N)[Si](Cl)(Cl)Cl. The summed E-state index contributed by atoms with van der Waals surface area (Å²) in [6.07, 6.45) is 51.1. The van der Waals surface area contributed by atoms with Crippen molar-refractivity contribution >= 4 is 39.2 Å². The van der Waals surface area contributed by atoms with Crippen molar-refractivity contribution < 1.29 is 0 Å². The molecule has 1 atom stereocenters. The molecule has 0 rings (SSSR count). The van der Waals surface area contributed by atoms with Crippen molar-refractivity contribution in [3.05, 3.63) is 0 Å². The second-order valence-corrected chi connectivity index (χ2v) is 22.9. The van der Waals surface area contributed by atoms with Gasteiger partial charge < -0.3 is 5.73 Å². The number of hydrogen-bond donors (Lipinski definition) is 1. The molecule has 260 valence electrons. The molecule has 0 radical (unpaired) electrons. The monoisotopic (exact) mass is 681 g/mol. The van der Waals surface area contributed by atoms with Crippen molar-refractivity contribution in [1.82, 2.24) is 0 Å². The van der Waals surface area contributed by atoms with Gasteiger partial charge in [-0.2, -0.15) is 0 Å². The first kappa shape index (κ1) is 44.0. The molecule has 0 aliphatic heterocycles. The van der Waals surface area contributed by atoms with Gasteiger partial charge in [0.15, 0.2) is 0 Å². The van der Waals surface area contributed by atoms with E-state index < -0.39 is 6.00 Å². The summed E-state index contributed by atoms with van der Waals surface area (Å²) >= 11 is 17.9. The van der Waals surface area contributed by atoms with Crippen molar-refractivity contribution in [3.63, 3.8) is 0 Å². The molecule has 5 heteroatoms. The quantitative estimate of drug-likeness (QED) is 0.0394. The van der Waals surface area contributed by atoms with Crippen molar-refractivity contribution in [2.24, 2.45) is 5.73 Å². The van der Waals surface area contributed by atoms with Gasteiger partial charge in [0.1, 0.15) is 0 Å². The lowest BCUT2D eigenvalue weighted by Crippen LogP contribution is -2.39.